The van der Waals surface area contributed by atoms with E-state index in [0.29, 0.717) is 21.9 Å². The normalized spacial score (nSPS) is 15.0. The van der Waals surface area contributed by atoms with Crippen molar-refractivity contribution in [2.24, 2.45) is 4.99 Å². The van der Waals surface area contributed by atoms with Gasteiger partial charge in [-0.05, 0) is 29.8 Å². The van der Waals surface area contributed by atoms with Gasteiger partial charge in [0, 0.05) is 12.1 Å². The van der Waals surface area contributed by atoms with Crippen LogP contribution in [0.25, 0.3) is 6.08 Å². The van der Waals surface area contributed by atoms with E-state index >= 15 is 0 Å². The maximum absolute atomic E-state index is 12.0. The number of benzene rings is 2. The minimum atomic E-state index is -0.659. The molecule has 1 aliphatic heterocycles. The largest absolute Gasteiger partial charge is 0.497 e. The Morgan fingerprint density at radius 2 is 2.08 bits per heavy atom. The zero-order valence-corrected chi connectivity index (χ0v) is 13.7. The van der Waals surface area contributed by atoms with E-state index in [9.17, 15) is 14.9 Å². The first-order valence-electron chi connectivity index (χ1n) is 7.09. The summed E-state index contributed by atoms with van der Waals surface area (Å²) >= 11 is 6.15. The Balaban J connectivity index is 1.95. The number of methoxy groups -OCH3 is 1. The minimum absolute atomic E-state index is 0.0300. The number of carbonyl (C=O) groups is 1. The summed E-state index contributed by atoms with van der Waals surface area (Å²) in [6.45, 7) is 0. The van der Waals surface area contributed by atoms with Crippen molar-refractivity contribution in [2.45, 2.75) is 0 Å². The number of halogens is 1. The summed E-state index contributed by atoms with van der Waals surface area (Å²) in [6.07, 6.45) is 1.42. The number of nitro benzene ring substituents is 1. The predicted molar refractivity (Wildman–Crippen MR) is 91.7 cm³/mol. The van der Waals surface area contributed by atoms with Gasteiger partial charge in [0.25, 0.3) is 5.69 Å². The molecular weight excluding hydrogens is 348 g/mol. The predicted octanol–water partition coefficient (Wildman–Crippen LogP) is 3.60. The van der Waals surface area contributed by atoms with E-state index in [1.165, 1.54) is 31.4 Å². The number of ether oxygens (including phenoxy) is 2. The van der Waals surface area contributed by atoms with Gasteiger partial charge in [-0.15, -0.1) is 0 Å². The molecule has 7 nitrogen and oxygen atoms in total. The number of cyclic esters (lactones) is 1. The average Bonchev–Trinajstić information content (AvgIpc) is 2.95. The van der Waals surface area contributed by atoms with Gasteiger partial charge in [0.2, 0.25) is 5.90 Å². The second kappa shape index (κ2) is 6.74. The van der Waals surface area contributed by atoms with Crippen molar-refractivity contribution in [3.05, 3.63) is 74.4 Å². The molecule has 1 heterocycles. The van der Waals surface area contributed by atoms with Crippen LogP contribution >= 0.6 is 11.6 Å². The molecule has 0 N–H and O–H groups in total. The van der Waals surface area contributed by atoms with Gasteiger partial charge in [0.15, 0.2) is 5.70 Å². The molecule has 0 unspecified atom stereocenters. The molecule has 0 saturated heterocycles. The van der Waals surface area contributed by atoms with Crippen LogP contribution in [-0.4, -0.2) is 23.9 Å². The fourth-order valence-electron chi connectivity index (χ4n) is 2.21. The molecule has 0 spiro atoms. The van der Waals surface area contributed by atoms with Gasteiger partial charge in [0.05, 0.1) is 22.6 Å². The lowest BCUT2D eigenvalue weighted by molar-refractivity contribution is -0.384. The fraction of sp³-hybridized carbons (Fsp3) is 0.0588. The molecule has 1 aliphatic rings. The second-order valence-electron chi connectivity index (χ2n) is 5.03. The van der Waals surface area contributed by atoms with E-state index in [1.54, 1.807) is 24.3 Å². The zero-order chi connectivity index (χ0) is 18.0. The maximum Gasteiger partial charge on any atom is 0.363 e. The third kappa shape index (κ3) is 3.51. The molecule has 8 heteroatoms. The third-order valence-electron chi connectivity index (χ3n) is 3.41. The van der Waals surface area contributed by atoms with E-state index in [1.807, 2.05) is 0 Å². The monoisotopic (exact) mass is 358 g/mol. The van der Waals surface area contributed by atoms with Crippen LogP contribution in [0.3, 0.4) is 0 Å². The summed E-state index contributed by atoms with van der Waals surface area (Å²) in [4.78, 5) is 26.5. The first-order valence-corrected chi connectivity index (χ1v) is 7.46. The van der Waals surface area contributed by atoms with Crippen molar-refractivity contribution >= 4 is 35.2 Å². The smallest absolute Gasteiger partial charge is 0.363 e. The molecule has 2 aromatic carbocycles. The Hall–Kier alpha value is -3.19. The van der Waals surface area contributed by atoms with Gasteiger partial charge in [-0.2, -0.15) is 0 Å². The maximum atomic E-state index is 12.0. The highest BCUT2D eigenvalue weighted by Gasteiger charge is 2.26. The molecule has 0 fully saturated rings. The standard InChI is InChI=1S/C17H11ClN2O5/c1-24-12-5-6-13(14(18)9-12)16-19-15(17(21)25-16)8-10-3-2-4-11(7-10)20(22)23/h2-9H,1H3. The molecule has 0 amide bonds. The Labute approximate surface area is 147 Å². The number of hydrogen-bond donors (Lipinski definition) is 0. The summed E-state index contributed by atoms with van der Waals surface area (Å²) < 4.78 is 10.2. The van der Waals surface area contributed by atoms with Crippen LogP contribution in [0, 0.1) is 10.1 Å². The quantitative estimate of drug-likeness (QED) is 0.360. The number of rotatable bonds is 4. The molecule has 0 aromatic heterocycles. The van der Waals surface area contributed by atoms with E-state index in [0.717, 1.165) is 0 Å². The van der Waals surface area contributed by atoms with Crippen molar-refractivity contribution in [3.63, 3.8) is 0 Å². The highest BCUT2D eigenvalue weighted by Crippen LogP contribution is 2.27. The first kappa shape index (κ1) is 16.7. The van der Waals surface area contributed by atoms with Crippen molar-refractivity contribution < 1.29 is 19.2 Å². The van der Waals surface area contributed by atoms with Gasteiger partial charge in [-0.25, -0.2) is 9.79 Å². The van der Waals surface area contributed by atoms with Crippen molar-refractivity contribution in [2.75, 3.05) is 7.11 Å². The molecule has 25 heavy (non-hydrogen) atoms. The van der Waals surface area contributed by atoms with E-state index in [2.05, 4.69) is 4.99 Å². The Kier molecular flexibility index (Phi) is 4.49. The summed E-state index contributed by atoms with van der Waals surface area (Å²) in [7, 11) is 1.51. The highest BCUT2D eigenvalue weighted by atomic mass is 35.5. The van der Waals surface area contributed by atoms with Gasteiger partial charge in [-0.1, -0.05) is 23.7 Å². The minimum Gasteiger partial charge on any atom is -0.497 e. The number of esters is 1. The molecule has 0 aliphatic carbocycles. The van der Waals surface area contributed by atoms with Crippen LogP contribution in [0.15, 0.2) is 53.2 Å². The molecule has 2 aromatic rings. The fourth-order valence-corrected chi connectivity index (χ4v) is 2.46. The second-order valence-corrected chi connectivity index (χ2v) is 5.44. The Morgan fingerprint density at radius 3 is 2.76 bits per heavy atom. The number of non-ortho nitro benzene ring substituents is 1. The van der Waals surface area contributed by atoms with Crippen LogP contribution in [0.5, 0.6) is 5.75 Å². The van der Waals surface area contributed by atoms with Crippen molar-refractivity contribution in [1.29, 1.82) is 0 Å². The molecule has 0 saturated carbocycles. The number of nitro groups is 1. The van der Waals surface area contributed by atoms with Crippen LogP contribution in [0.1, 0.15) is 11.1 Å². The molecule has 0 bridgehead atoms. The van der Waals surface area contributed by atoms with Crippen LogP contribution < -0.4 is 4.74 Å². The van der Waals surface area contributed by atoms with E-state index in [-0.39, 0.29) is 17.3 Å². The SMILES string of the molecule is COc1ccc(C2=NC(=Cc3cccc([N+](=O)[O-])c3)C(=O)O2)c(Cl)c1. The average molecular weight is 359 g/mol. The summed E-state index contributed by atoms with van der Waals surface area (Å²) in [5.41, 5.74) is 0.857. The van der Waals surface area contributed by atoms with Gasteiger partial charge in [0.1, 0.15) is 5.75 Å². The molecule has 3 rings (SSSR count). The van der Waals surface area contributed by atoms with Crippen LogP contribution in [-0.2, 0) is 9.53 Å². The number of aliphatic imine (C=N–C) groups is 1. The van der Waals surface area contributed by atoms with E-state index in [4.69, 9.17) is 21.1 Å². The number of hydrogen-bond acceptors (Lipinski definition) is 6. The molecule has 0 radical (unpaired) electrons. The topological polar surface area (TPSA) is 91.0 Å². The number of carbonyl (C=O) groups excluding carboxylic acids is 1. The highest BCUT2D eigenvalue weighted by molar-refractivity contribution is 6.34. The lowest BCUT2D eigenvalue weighted by Gasteiger charge is -2.05. The summed E-state index contributed by atoms with van der Waals surface area (Å²) in [6, 6.07) is 10.7. The molecular formula is C17H11ClN2O5. The lowest BCUT2D eigenvalue weighted by atomic mass is 10.1. The van der Waals surface area contributed by atoms with Gasteiger partial charge in [-0.3, -0.25) is 10.1 Å². The molecule has 126 valence electrons. The lowest BCUT2D eigenvalue weighted by Crippen LogP contribution is -2.06. The van der Waals surface area contributed by atoms with Gasteiger partial charge < -0.3 is 9.47 Å². The summed E-state index contributed by atoms with van der Waals surface area (Å²) in [5.74, 6) is -0.0336. The van der Waals surface area contributed by atoms with E-state index < -0.39 is 10.9 Å². The Bertz CT molecular complexity index is 936. The van der Waals surface area contributed by atoms with Crippen LogP contribution in [0.2, 0.25) is 5.02 Å². The first-order chi connectivity index (χ1) is 12.0. The molecule has 0 atom stereocenters. The van der Waals surface area contributed by atoms with Crippen molar-refractivity contribution in [1.82, 2.24) is 0 Å². The number of nitrogens with zero attached hydrogens (tertiary/aromatic N) is 2. The van der Waals surface area contributed by atoms with Gasteiger partial charge >= 0.3 is 5.97 Å². The van der Waals surface area contributed by atoms with Crippen LogP contribution in [0.4, 0.5) is 5.69 Å². The Morgan fingerprint density at radius 1 is 1.28 bits per heavy atom. The third-order valence-corrected chi connectivity index (χ3v) is 3.72. The van der Waals surface area contributed by atoms with Crippen molar-refractivity contribution in [3.8, 4) is 5.75 Å². The zero-order valence-electron chi connectivity index (χ0n) is 12.9. The summed E-state index contributed by atoms with van der Waals surface area (Å²) in [5, 5.41) is 11.1.